The summed E-state index contributed by atoms with van der Waals surface area (Å²) in [5.74, 6) is 1.89. The number of carbonyl (C=O) groups is 2. The summed E-state index contributed by atoms with van der Waals surface area (Å²) in [5.41, 5.74) is 0.793. The highest BCUT2D eigenvalue weighted by molar-refractivity contribution is 5.83. The SMILES string of the molecule is CCC(C)(C)C1CCC2(CC1)CC2C(=O)N1CCC(N2CCCCC2=O)CC1. The standard InChI is InChI=1S/C24H40N2O2/c1-4-23(2,3)18-8-12-24(13-9-18)17-20(24)22(28)25-15-10-19(11-16-25)26-14-6-5-7-21(26)27/h18-20H,4-17H2,1-3H3. The first-order chi connectivity index (χ1) is 13.4. The normalized spacial score (nSPS) is 34.8. The molecule has 4 heteroatoms. The third kappa shape index (κ3) is 3.73. The van der Waals surface area contributed by atoms with E-state index in [-0.39, 0.29) is 0 Å². The van der Waals surface area contributed by atoms with Gasteiger partial charge in [-0.15, -0.1) is 0 Å². The third-order valence-corrected chi connectivity index (χ3v) is 9.06. The van der Waals surface area contributed by atoms with E-state index in [1.807, 2.05) is 0 Å². The summed E-state index contributed by atoms with van der Waals surface area (Å²) in [6.45, 7) is 9.79. The van der Waals surface area contributed by atoms with E-state index in [1.165, 1.54) is 32.1 Å². The van der Waals surface area contributed by atoms with Crippen molar-refractivity contribution in [2.24, 2.45) is 22.7 Å². The number of amides is 2. The van der Waals surface area contributed by atoms with Crippen molar-refractivity contribution >= 4 is 11.8 Å². The number of rotatable bonds is 4. The van der Waals surface area contributed by atoms with Gasteiger partial charge in [-0.3, -0.25) is 9.59 Å². The molecule has 1 spiro atoms. The van der Waals surface area contributed by atoms with Gasteiger partial charge in [-0.1, -0.05) is 27.2 Å². The highest BCUT2D eigenvalue weighted by Crippen LogP contribution is 2.64. The quantitative estimate of drug-likeness (QED) is 0.705. The number of nitrogens with zero attached hydrogens (tertiary/aromatic N) is 2. The van der Waals surface area contributed by atoms with Gasteiger partial charge in [0.2, 0.25) is 11.8 Å². The number of piperidine rings is 2. The number of likely N-dealkylation sites (tertiary alicyclic amines) is 2. The van der Waals surface area contributed by atoms with E-state index in [2.05, 4.69) is 30.6 Å². The molecule has 4 fully saturated rings. The van der Waals surface area contributed by atoms with E-state index in [0.717, 1.165) is 64.1 Å². The Morgan fingerprint density at radius 3 is 2.36 bits per heavy atom. The fourth-order valence-corrected chi connectivity index (χ4v) is 6.34. The zero-order valence-electron chi connectivity index (χ0n) is 18.3. The van der Waals surface area contributed by atoms with Crippen LogP contribution in [0.25, 0.3) is 0 Å². The molecule has 2 aliphatic carbocycles. The molecule has 4 nitrogen and oxygen atoms in total. The van der Waals surface area contributed by atoms with Crippen LogP contribution in [0.4, 0.5) is 0 Å². The van der Waals surface area contributed by atoms with E-state index < -0.39 is 0 Å². The Labute approximate surface area is 171 Å². The molecule has 158 valence electrons. The van der Waals surface area contributed by atoms with Crippen LogP contribution in [0.2, 0.25) is 0 Å². The van der Waals surface area contributed by atoms with Crippen molar-refractivity contribution in [3.63, 3.8) is 0 Å². The van der Waals surface area contributed by atoms with Gasteiger partial charge < -0.3 is 9.80 Å². The average Bonchev–Trinajstić information content (AvgIpc) is 3.41. The molecule has 0 aromatic heterocycles. The molecule has 2 amide bonds. The minimum atomic E-state index is 0.298. The lowest BCUT2D eigenvalue weighted by Crippen LogP contribution is -2.50. The minimum absolute atomic E-state index is 0.298. The van der Waals surface area contributed by atoms with E-state index in [0.29, 0.717) is 34.6 Å². The maximum atomic E-state index is 13.2. The fraction of sp³-hybridized carbons (Fsp3) is 0.917. The van der Waals surface area contributed by atoms with E-state index >= 15 is 0 Å². The van der Waals surface area contributed by atoms with Gasteiger partial charge in [0, 0.05) is 38.0 Å². The number of hydrogen-bond donors (Lipinski definition) is 0. The first-order valence-electron chi connectivity index (χ1n) is 11.9. The molecule has 0 aromatic carbocycles. The van der Waals surface area contributed by atoms with Gasteiger partial charge in [0.1, 0.15) is 0 Å². The van der Waals surface area contributed by atoms with Gasteiger partial charge in [-0.2, -0.15) is 0 Å². The second-order valence-corrected chi connectivity index (χ2v) is 10.8. The van der Waals surface area contributed by atoms with Crippen molar-refractivity contribution < 1.29 is 9.59 Å². The Bertz CT molecular complexity index is 598. The Kier molecular flexibility index (Phi) is 5.52. The first kappa shape index (κ1) is 20.2. The van der Waals surface area contributed by atoms with Crippen LogP contribution in [0.3, 0.4) is 0 Å². The first-order valence-corrected chi connectivity index (χ1v) is 11.9. The van der Waals surface area contributed by atoms with E-state index in [1.54, 1.807) is 0 Å². The van der Waals surface area contributed by atoms with Crippen LogP contribution in [0.15, 0.2) is 0 Å². The van der Waals surface area contributed by atoms with Gasteiger partial charge in [-0.25, -0.2) is 0 Å². The maximum absolute atomic E-state index is 13.2. The Hall–Kier alpha value is -1.06. The molecule has 0 N–H and O–H groups in total. The summed E-state index contributed by atoms with van der Waals surface area (Å²) < 4.78 is 0. The molecular formula is C24H40N2O2. The predicted molar refractivity (Wildman–Crippen MR) is 112 cm³/mol. The molecule has 28 heavy (non-hydrogen) atoms. The molecule has 0 bridgehead atoms. The topological polar surface area (TPSA) is 40.6 Å². The lowest BCUT2D eigenvalue weighted by Gasteiger charge is -2.41. The van der Waals surface area contributed by atoms with Gasteiger partial charge in [0.05, 0.1) is 0 Å². The molecular weight excluding hydrogens is 348 g/mol. The number of carbonyl (C=O) groups excluding carboxylic acids is 2. The average molecular weight is 389 g/mol. The van der Waals surface area contributed by atoms with Crippen molar-refractivity contribution in [2.75, 3.05) is 19.6 Å². The lowest BCUT2D eigenvalue weighted by atomic mass is 9.66. The van der Waals surface area contributed by atoms with Crippen LogP contribution in [-0.4, -0.2) is 47.3 Å². The Balaban J connectivity index is 1.26. The molecule has 0 radical (unpaired) electrons. The van der Waals surface area contributed by atoms with E-state index in [9.17, 15) is 9.59 Å². The number of hydrogen-bond acceptors (Lipinski definition) is 2. The van der Waals surface area contributed by atoms with E-state index in [4.69, 9.17) is 0 Å². The molecule has 2 aliphatic heterocycles. The zero-order valence-corrected chi connectivity index (χ0v) is 18.3. The lowest BCUT2D eigenvalue weighted by molar-refractivity contribution is -0.139. The molecule has 2 saturated heterocycles. The van der Waals surface area contributed by atoms with Crippen molar-refractivity contribution in [3.8, 4) is 0 Å². The van der Waals surface area contributed by atoms with Crippen molar-refractivity contribution in [2.45, 2.75) is 97.4 Å². The van der Waals surface area contributed by atoms with Crippen LogP contribution < -0.4 is 0 Å². The maximum Gasteiger partial charge on any atom is 0.226 e. The van der Waals surface area contributed by atoms with Gasteiger partial charge in [0.25, 0.3) is 0 Å². The second-order valence-electron chi connectivity index (χ2n) is 10.8. The van der Waals surface area contributed by atoms with Crippen molar-refractivity contribution in [1.82, 2.24) is 9.80 Å². The summed E-state index contributed by atoms with van der Waals surface area (Å²) >= 11 is 0. The minimum Gasteiger partial charge on any atom is -0.342 e. The molecule has 4 aliphatic rings. The third-order valence-electron chi connectivity index (χ3n) is 9.06. The molecule has 0 aromatic rings. The fourth-order valence-electron chi connectivity index (χ4n) is 6.34. The van der Waals surface area contributed by atoms with Gasteiger partial charge >= 0.3 is 0 Å². The molecule has 1 atom stereocenters. The van der Waals surface area contributed by atoms with Crippen LogP contribution in [0, 0.1) is 22.7 Å². The second kappa shape index (κ2) is 7.65. The Morgan fingerprint density at radius 2 is 1.75 bits per heavy atom. The summed E-state index contributed by atoms with van der Waals surface area (Å²) in [7, 11) is 0. The highest BCUT2D eigenvalue weighted by Gasteiger charge is 2.60. The summed E-state index contributed by atoms with van der Waals surface area (Å²) in [4.78, 5) is 29.6. The zero-order chi connectivity index (χ0) is 19.9. The molecule has 1 unspecified atom stereocenters. The molecule has 2 heterocycles. The van der Waals surface area contributed by atoms with Crippen LogP contribution in [0.1, 0.15) is 91.4 Å². The molecule has 2 saturated carbocycles. The van der Waals surface area contributed by atoms with Crippen LogP contribution in [-0.2, 0) is 9.59 Å². The van der Waals surface area contributed by atoms with Crippen molar-refractivity contribution in [1.29, 1.82) is 0 Å². The molecule has 4 rings (SSSR count). The summed E-state index contributed by atoms with van der Waals surface area (Å²) in [5, 5.41) is 0. The van der Waals surface area contributed by atoms with Crippen LogP contribution >= 0.6 is 0 Å². The smallest absolute Gasteiger partial charge is 0.226 e. The van der Waals surface area contributed by atoms with Gasteiger partial charge in [-0.05, 0) is 74.5 Å². The van der Waals surface area contributed by atoms with Crippen molar-refractivity contribution in [3.05, 3.63) is 0 Å². The summed E-state index contributed by atoms with van der Waals surface area (Å²) in [6.07, 6.45) is 12.4. The Morgan fingerprint density at radius 1 is 1.07 bits per heavy atom. The largest absolute Gasteiger partial charge is 0.342 e. The predicted octanol–water partition coefficient (Wildman–Crippen LogP) is 4.62. The monoisotopic (exact) mass is 388 g/mol. The van der Waals surface area contributed by atoms with Crippen LogP contribution in [0.5, 0.6) is 0 Å². The van der Waals surface area contributed by atoms with Gasteiger partial charge in [0.15, 0.2) is 0 Å². The summed E-state index contributed by atoms with van der Waals surface area (Å²) in [6, 6.07) is 0.372. The highest BCUT2D eigenvalue weighted by atomic mass is 16.2.